The predicted octanol–water partition coefficient (Wildman–Crippen LogP) is 10.4. The Kier molecular flexibility index (Phi) is 10.9. The number of phenolic OH excluding ortho intramolecular Hbond substituents is 2. The standard InChI is InChI=1S/C40H52BrN3O3S/c1-2-3-4-5-6-7-8-9-10-11-12-13-14-15-16-17-18-19-21-40-33(27-23-28(41)29(45)24-30(27)48-40)39-44-36-32(38(40)47-39)34-31-26(20-22-42-34)25-43-35(31)37(36)46/h7-8,23-25,33,38-39,44-46H,2-6,9-22H2,1H3. The zero-order chi connectivity index (χ0) is 33.1. The number of hydrogen-bond donors (Lipinski definition) is 3. The molecule has 7 rings (SSSR count). The second-order valence-electron chi connectivity index (χ2n) is 14.5. The number of hydrogen-bond acceptors (Lipinski definition) is 7. The second kappa shape index (κ2) is 15.3. The minimum absolute atomic E-state index is 0.0880. The lowest BCUT2D eigenvalue weighted by Crippen LogP contribution is -2.40. The summed E-state index contributed by atoms with van der Waals surface area (Å²) in [7, 11) is 0. The van der Waals surface area contributed by atoms with Crippen LogP contribution in [0.15, 0.2) is 43.6 Å². The van der Waals surface area contributed by atoms with Crippen LogP contribution < -0.4 is 15.9 Å². The zero-order valence-corrected chi connectivity index (χ0v) is 30.9. The van der Waals surface area contributed by atoms with Gasteiger partial charge in [0.1, 0.15) is 23.8 Å². The molecule has 1 fully saturated rings. The number of allylic oxidation sites excluding steroid dienone is 2. The van der Waals surface area contributed by atoms with Crippen molar-refractivity contribution in [1.29, 1.82) is 0 Å². The lowest BCUT2D eigenvalue weighted by Gasteiger charge is -2.34. The minimum Gasteiger partial charge on any atom is -0.507 e. The number of unbranched alkanes of at least 4 members (excludes halogenated alkanes) is 14. The SMILES string of the molecule is CCCCCCC=CCCCCCCCCCCCCC12Sc3cc(O)c(Br)cc3C1C1Nc3c(O)c4c5c(c3C2O1)=NCCC=5C=N4. The fraction of sp³-hybridized carbons (Fsp3) is 0.600. The average molecular weight is 735 g/mol. The summed E-state index contributed by atoms with van der Waals surface area (Å²) < 4.78 is 7.36. The second-order valence-corrected chi connectivity index (χ2v) is 16.7. The lowest BCUT2D eigenvalue weighted by atomic mass is 9.78. The number of fused-ring (bicyclic) bond motifs is 10. The zero-order valence-electron chi connectivity index (χ0n) is 28.5. The topological polar surface area (TPSA) is 86.4 Å². The van der Waals surface area contributed by atoms with Gasteiger partial charge in [-0.15, -0.1) is 11.8 Å². The van der Waals surface area contributed by atoms with Crippen molar-refractivity contribution in [2.75, 3.05) is 11.9 Å². The molecule has 3 N–H and O–H groups in total. The first kappa shape index (κ1) is 34.2. The number of ether oxygens (including phenoxy) is 1. The van der Waals surface area contributed by atoms with Gasteiger partial charge in [0.2, 0.25) is 0 Å². The smallest absolute Gasteiger partial charge is 0.165 e. The Hall–Kier alpha value is -2.29. The Morgan fingerprint density at radius 3 is 2.38 bits per heavy atom. The summed E-state index contributed by atoms with van der Waals surface area (Å²) >= 11 is 5.45. The molecule has 2 aromatic carbocycles. The van der Waals surface area contributed by atoms with Gasteiger partial charge in [-0.1, -0.05) is 96.1 Å². The van der Waals surface area contributed by atoms with Crippen LogP contribution in [0, 0.1) is 0 Å². The van der Waals surface area contributed by atoms with E-state index >= 15 is 0 Å². The number of halogens is 1. The monoisotopic (exact) mass is 733 g/mol. The number of aromatic hydroxyl groups is 2. The molecular weight excluding hydrogens is 682 g/mol. The Morgan fingerprint density at radius 1 is 0.958 bits per heavy atom. The predicted molar refractivity (Wildman–Crippen MR) is 202 cm³/mol. The fourth-order valence-electron chi connectivity index (χ4n) is 8.72. The molecule has 5 aliphatic heterocycles. The molecule has 0 saturated carbocycles. The van der Waals surface area contributed by atoms with Gasteiger partial charge < -0.3 is 20.3 Å². The number of aliphatic imine (C=N–C) groups is 1. The molecule has 0 spiro atoms. The summed E-state index contributed by atoms with van der Waals surface area (Å²) in [5, 5.41) is 27.7. The van der Waals surface area contributed by atoms with Gasteiger partial charge in [-0.25, -0.2) is 0 Å². The molecule has 0 amide bonds. The van der Waals surface area contributed by atoms with Crippen LogP contribution in [0.2, 0.25) is 0 Å². The van der Waals surface area contributed by atoms with Gasteiger partial charge >= 0.3 is 0 Å². The highest BCUT2D eigenvalue weighted by atomic mass is 79.9. The summed E-state index contributed by atoms with van der Waals surface area (Å²) in [6, 6.07) is 4.00. The summed E-state index contributed by atoms with van der Waals surface area (Å²) in [6.07, 6.45) is 29.1. The fourth-order valence-corrected chi connectivity index (χ4v) is 10.9. The van der Waals surface area contributed by atoms with Crippen LogP contribution in [-0.4, -0.2) is 33.9 Å². The Balaban J connectivity index is 0.944. The van der Waals surface area contributed by atoms with E-state index in [0.29, 0.717) is 10.2 Å². The van der Waals surface area contributed by atoms with Crippen LogP contribution >= 0.6 is 27.7 Å². The average Bonchev–Trinajstić information content (AvgIpc) is 3.73. The van der Waals surface area contributed by atoms with Crippen LogP contribution in [0.4, 0.5) is 11.4 Å². The molecule has 5 aliphatic rings. The van der Waals surface area contributed by atoms with Gasteiger partial charge in [0.15, 0.2) is 5.75 Å². The Bertz CT molecular complexity index is 1690. The van der Waals surface area contributed by atoms with Gasteiger partial charge in [0.25, 0.3) is 0 Å². The maximum Gasteiger partial charge on any atom is 0.165 e. The highest BCUT2D eigenvalue weighted by Gasteiger charge is 2.64. The molecule has 0 aliphatic carbocycles. The first-order valence-electron chi connectivity index (χ1n) is 18.8. The van der Waals surface area contributed by atoms with E-state index < -0.39 is 0 Å². The van der Waals surface area contributed by atoms with E-state index in [2.05, 4.69) is 51.4 Å². The van der Waals surface area contributed by atoms with Gasteiger partial charge in [-0.05, 0) is 77.7 Å². The van der Waals surface area contributed by atoms with E-state index in [1.54, 1.807) is 0 Å². The molecule has 4 atom stereocenters. The Labute approximate surface area is 298 Å². The van der Waals surface area contributed by atoms with Crippen molar-refractivity contribution in [2.24, 2.45) is 9.98 Å². The third-order valence-corrected chi connectivity index (χ3v) is 13.4. The number of nitrogens with one attached hydrogen (secondary N) is 1. The Morgan fingerprint density at radius 2 is 1.65 bits per heavy atom. The molecule has 2 aromatic rings. The largest absolute Gasteiger partial charge is 0.507 e. The van der Waals surface area contributed by atoms with Crippen molar-refractivity contribution in [3.05, 3.63) is 50.5 Å². The third kappa shape index (κ3) is 6.51. The molecule has 1 saturated heterocycles. The number of nitrogens with zero attached hydrogens (tertiary/aromatic N) is 2. The van der Waals surface area contributed by atoms with Crippen molar-refractivity contribution < 1.29 is 14.9 Å². The van der Waals surface area contributed by atoms with Crippen LogP contribution in [0.1, 0.15) is 146 Å². The number of benzene rings is 2. The third-order valence-electron chi connectivity index (χ3n) is 11.2. The van der Waals surface area contributed by atoms with Crippen LogP contribution in [0.5, 0.6) is 11.5 Å². The molecule has 0 radical (unpaired) electrons. The van der Waals surface area contributed by atoms with E-state index in [0.717, 1.165) is 58.1 Å². The van der Waals surface area contributed by atoms with E-state index in [1.807, 2.05) is 24.0 Å². The minimum atomic E-state index is -0.271. The summed E-state index contributed by atoms with van der Waals surface area (Å²) in [6.45, 7) is 3.00. The van der Waals surface area contributed by atoms with Crippen molar-refractivity contribution in [3.63, 3.8) is 0 Å². The maximum absolute atomic E-state index is 11.5. The van der Waals surface area contributed by atoms with E-state index in [1.165, 1.54) is 102 Å². The summed E-state index contributed by atoms with van der Waals surface area (Å²) in [5.74, 6) is 0.588. The lowest BCUT2D eigenvalue weighted by molar-refractivity contribution is 0.0395. The molecule has 6 nitrogen and oxygen atoms in total. The van der Waals surface area contributed by atoms with Crippen molar-refractivity contribution in [2.45, 2.75) is 150 Å². The molecule has 5 heterocycles. The highest BCUT2D eigenvalue weighted by molar-refractivity contribution is 9.10. The van der Waals surface area contributed by atoms with Crippen molar-refractivity contribution in [1.82, 2.24) is 0 Å². The molecular formula is C40H52BrN3O3S. The maximum atomic E-state index is 11.5. The number of thioether (sulfide) groups is 1. The summed E-state index contributed by atoms with van der Waals surface area (Å²) in [4.78, 5) is 10.8. The molecule has 8 heteroatoms. The summed E-state index contributed by atoms with van der Waals surface area (Å²) in [5.41, 5.74) is 4.76. The van der Waals surface area contributed by atoms with Gasteiger partial charge in [0.05, 0.1) is 20.3 Å². The van der Waals surface area contributed by atoms with Crippen molar-refractivity contribution >= 4 is 50.9 Å². The highest BCUT2D eigenvalue weighted by Crippen LogP contribution is 2.70. The van der Waals surface area contributed by atoms with E-state index in [4.69, 9.17) is 9.73 Å². The van der Waals surface area contributed by atoms with Gasteiger partial charge in [-0.2, -0.15) is 0 Å². The number of anilines is 1. The number of rotatable bonds is 18. The van der Waals surface area contributed by atoms with E-state index in [9.17, 15) is 10.2 Å². The molecule has 48 heavy (non-hydrogen) atoms. The van der Waals surface area contributed by atoms with Gasteiger partial charge in [-0.3, -0.25) is 9.98 Å². The van der Waals surface area contributed by atoms with Crippen LogP contribution in [0.3, 0.4) is 0 Å². The molecule has 0 aromatic heterocycles. The van der Waals surface area contributed by atoms with Gasteiger partial charge in [0, 0.05) is 34.4 Å². The first-order chi connectivity index (χ1) is 23.5. The first-order valence-corrected chi connectivity index (χ1v) is 20.4. The van der Waals surface area contributed by atoms with Crippen LogP contribution in [-0.2, 0) is 4.74 Å². The quantitative estimate of drug-likeness (QED) is 0.0807. The van der Waals surface area contributed by atoms with E-state index in [-0.39, 0.29) is 34.5 Å². The molecule has 4 unspecified atom stereocenters. The molecule has 258 valence electrons. The van der Waals surface area contributed by atoms with Crippen molar-refractivity contribution in [3.8, 4) is 11.5 Å². The normalized spacial score (nSPS) is 24.0. The molecule has 2 bridgehead atoms. The number of phenols is 2. The van der Waals surface area contributed by atoms with Crippen LogP contribution in [0.25, 0.3) is 5.57 Å².